The lowest BCUT2D eigenvalue weighted by molar-refractivity contribution is 0.867. The maximum atomic E-state index is 4.37. The summed E-state index contributed by atoms with van der Waals surface area (Å²) in [5.74, 6) is 1.03. The summed E-state index contributed by atoms with van der Waals surface area (Å²) in [5.41, 5.74) is 8.16. The molecule has 0 saturated carbocycles. The first kappa shape index (κ1) is 16.1. The van der Waals surface area contributed by atoms with Gasteiger partial charge in [0.25, 0.3) is 0 Å². The summed E-state index contributed by atoms with van der Waals surface area (Å²) in [6.45, 7) is 12.3. The number of imidazole rings is 1. The highest BCUT2D eigenvalue weighted by atomic mass is 15.2. The molecule has 0 aromatic carbocycles. The van der Waals surface area contributed by atoms with E-state index in [4.69, 9.17) is 0 Å². The lowest BCUT2D eigenvalue weighted by Gasteiger charge is -1.99. The molecule has 0 atom stereocenters. The highest BCUT2D eigenvalue weighted by Crippen LogP contribution is 2.18. The Hall–Kier alpha value is -2.76. The van der Waals surface area contributed by atoms with Crippen LogP contribution in [0.1, 0.15) is 34.0 Å². The van der Waals surface area contributed by atoms with Gasteiger partial charge in [-0.1, -0.05) is 0 Å². The Morgan fingerprint density at radius 2 is 1.50 bits per heavy atom. The average Bonchev–Trinajstić information content (AvgIpc) is 2.99. The van der Waals surface area contributed by atoms with Gasteiger partial charge in [0.15, 0.2) is 0 Å². The quantitative estimate of drug-likeness (QED) is 0.498. The molecule has 0 radical (unpaired) electrons. The average molecular weight is 322 g/mol. The molecule has 6 nitrogen and oxygen atoms in total. The molecule has 4 aromatic heterocycles. The van der Waals surface area contributed by atoms with Crippen LogP contribution in [0.2, 0.25) is 0 Å². The molecule has 6 heteroatoms. The monoisotopic (exact) mass is 322 g/mol. The van der Waals surface area contributed by atoms with Crippen LogP contribution in [0.25, 0.3) is 11.0 Å². The van der Waals surface area contributed by atoms with E-state index in [1.807, 2.05) is 43.9 Å². The highest BCUT2D eigenvalue weighted by molar-refractivity contribution is 5.58. The Kier molecular flexibility index (Phi) is 4.05. The molecule has 0 unspecified atom stereocenters. The molecule has 124 valence electrons. The molecule has 0 amide bonds. The third-order valence-electron chi connectivity index (χ3n) is 4.54. The number of aromatic nitrogens is 6. The first-order valence-electron chi connectivity index (χ1n) is 7.92. The van der Waals surface area contributed by atoms with Gasteiger partial charge in [0.1, 0.15) is 12.2 Å². The third-order valence-corrected chi connectivity index (χ3v) is 4.54. The Labute approximate surface area is 141 Å². The summed E-state index contributed by atoms with van der Waals surface area (Å²) < 4.78 is 4.04. The fraction of sp³-hybridized carbons (Fsp3) is 0.333. The van der Waals surface area contributed by atoms with E-state index in [2.05, 4.69) is 45.2 Å². The van der Waals surface area contributed by atoms with E-state index in [1.165, 1.54) is 16.8 Å². The Morgan fingerprint density at radius 1 is 0.792 bits per heavy atom. The van der Waals surface area contributed by atoms with Gasteiger partial charge in [-0.15, -0.1) is 0 Å². The molecular weight excluding hydrogens is 300 g/mol. The Morgan fingerprint density at radius 3 is 2.17 bits per heavy atom. The van der Waals surface area contributed by atoms with Gasteiger partial charge in [0.05, 0.1) is 29.1 Å². The van der Waals surface area contributed by atoms with E-state index in [0.29, 0.717) is 0 Å². The van der Waals surface area contributed by atoms with Crippen LogP contribution in [-0.2, 0) is 0 Å². The maximum Gasteiger partial charge on any atom is 0.136 e. The SMILES string of the molecule is Cc1c(C)c2cncnn2c1C.Cc1nc(C)n2c(C)cncc12. The molecule has 0 fully saturated rings. The largest absolute Gasteiger partial charge is 0.298 e. The smallest absolute Gasteiger partial charge is 0.136 e. The highest BCUT2D eigenvalue weighted by Gasteiger charge is 2.07. The molecule has 0 spiro atoms. The van der Waals surface area contributed by atoms with E-state index in [9.17, 15) is 0 Å². The number of hydrogen-bond acceptors (Lipinski definition) is 4. The van der Waals surface area contributed by atoms with E-state index in [0.717, 1.165) is 28.2 Å². The van der Waals surface area contributed by atoms with Gasteiger partial charge in [0.2, 0.25) is 0 Å². The van der Waals surface area contributed by atoms with Crippen LogP contribution in [0.4, 0.5) is 0 Å². The van der Waals surface area contributed by atoms with Crippen molar-refractivity contribution in [3.05, 3.63) is 59.0 Å². The van der Waals surface area contributed by atoms with Crippen molar-refractivity contribution < 1.29 is 0 Å². The zero-order valence-electron chi connectivity index (χ0n) is 15.0. The summed E-state index contributed by atoms with van der Waals surface area (Å²) in [4.78, 5) is 12.5. The van der Waals surface area contributed by atoms with Crippen LogP contribution in [0, 0.1) is 41.5 Å². The molecule has 24 heavy (non-hydrogen) atoms. The summed E-state index contributed by atoms with van der Waals surface area (Å²) >= 11 is 0. The van der Waals surface area contributed by atoms with Crippen molar-refractivity contribution in [2.75, 3.05) is 0 Å². The maximum absolute atomic E-state index is 4.37. The summed E-state index contributed by atoms with van der Waals surface area (Å²) in [7, 11) is 0. The predicted molar refractivity (Wildman–Crippen MR) is 94.4 cm³/mol. The number of fused-ring (bicyclic) bond motifs is 2. The zero-order chi connectivity index (χ0) is 17.4. The fourth-order valence-corrected chi connectivity index (χ4v) is 3.00. The molecule has 0 aliphatic heterocycles. The molecule has 4 aromatic rings. The van der Waals surface area contributed by atoms with Crippen LogP contribution in [-0.4, -0.2) is 29.0 Å². The number of aryl methyl sites for hydroxylation is 5. The van der Waals surface area contributed by atoms with Crippen molar-refractivity contribution in [1.82, 2.24) is 29.0 Å². The Balaban J connectivity index is 0.000000141. The van der Waals surface area contributed by atoms with Gasteiger partial charge in [-0.05, 0) is 52.7 Å². The zero-order valence-corrected chi connectivity index (χ0v) is 15.0. The van der Waals surface area contributed by atoms with Gasteiger partial charge in [0, 0.05) is 17.6 Å². The molecule has 0 aliphatic carbocycles. The normalized spacial score (nSPS) is 10.9. The van der Waals surface area contributed by atoms with Crippen molar-refractivity contribution in [1.29, 1.82) is 0 Å². The molecule has 4 heterocycles. The number of hydrogen-bond donors (Lipinski definition) is 0. The van der Waals surface area contributed by atoms with Crippen LogP contribution in [0.3, 0.4) is 0 Å². The van der Waals surface area contributed by atoms with Gasteiger partial charge in [-0.2, -0.15) is 5.10 Å². The van der Waals surface area contributed by atoms with Crippen LogP contribution in [0.15, 0.2) is 24.9 Å². The minimum Gasteiger partial charge on any atom is -0.298 e. The van der Waals surface area contributed by atoms with Crippen LogP contribution in [0.5, 0.6) is 0 Å². The van der Waals surface area contributed by atoms with Crippen LogP contribution < -0.4 is 0 Å². The standard InChI is InChI=1S/2C9H11N3/c1-6-7(2)9-4-10-5-11-12(9)8(6)3;1-6-4-10-5-9-7(2)11-8(3)12(6)9/h2*4-5H,1-3H3. The van der Waals surface area contributed by atoms with E-state index in [-0.39, 0.29) is 0 Å². The van der Waals surface area contributed by atoms with Crippen molar-refractivity contribution >= 4 is 11.0 Å². The Bertz CT molecular complexity index is 985. The van der Waals surface area contributed by atoms with E-state index in [1.54, 1.807) is 6.33 Å². The first-order chi connectivity index (χ1) is 11.4. The van der Waals surface area contributed by atoms with E-state index >= 15 is 0 Å². The molecule has 0 N–H and O–H groups in total. The van der Waals surface area contributed by atoms with Gasteiger partial charge < -0.3 is 0 Å². The molecule has 0 aliphatic rings. The van der Waals surface area contributed by atoms with Crippen molar-refractivity contribution in [3.8, 4) is 0 Å². The topological polar surface area (TPSA) is 60.4 Å². The second-order valence-corrected chi connectivity index (χ2v) is 6.06. The van der Waals surface area contributed by atoms with Gasteiger partial charge >= 0.3 is 0 Å². The van der Waals surface area contributed by atoms with Crippen molar-refractivity contribution in [2.24, 2.45) is 0 Å². The molecule has 0 saturated heterocycles. The first-order valence-corrected chi connectivity index (χ1v) is 7.92. The summed E-state index contributed by atoms with van der Waals surface area (Å²) in [6.07, 6.45) is 7.12. The lowest BCUT2D eigenvalue weighted by Crippen LogP contribution is -1.93. The fourth-order valence-electron chi connectivity index (χ4n) is 3.00. The molecular formula is C18H22N6. The van der Waals surface area contributed by atoms with Gasteiger partial charge in [-0.3, -0.25) is 9.38 Å². The number of nitrogens with zero attached hydrogens (tertiary/aromatic N) is 6. The van der Waals surface area contributed by atoms with Gasteiger partial charge in [-0.25, -0.2) is 14.5 Å². The van der Waals surface area contributed by atoms with E-state index < -0.39 is 0 Å². The molecule has 4 rings (SSSR count). The minimum atomic E-state index is 1.03. The second-order valence-electron chi connectivity index (χ2n) is 6.06. The molecule has 0 bridgehead atoms. The second kappa shape index (κ2) is 6.03. The third kappa shape index (κ3) is 2.54. The predicted octanol–water partition coefficient (Wildman–Crippen LogP) is 3.31. The number of rotatable bonds is 0. The van der Waals surface area contributed by atoms with Crippen molar-refractivity contribution in [3.63, 3.8) is 0 Å². The minimum absolute atomic E-state index is 1.03. The summed E-state index contributed by atoms with van der Waals surface area (Å²) in [6, 6.07) is 0. The van der Waals surface area contributed by atoms with Crippen LogP contribution >= 0.6 is 0 Å². The lowest BCUT2D eigenvalue weighted by atomic mass is 10.2. The summed E-state index contributed by atoms with van der Waals surface area (Å²) in [5, 5.41) is 4.17. The van der Waals surface area contributed by atoms with Crippen molar-refractivity contribution in [2.45, 2.75) is 41.5 Å².